The van der Waals surface area contributed by atoms with E-state index in [1.165, 1.54) is 0 Å². The summed E-state index contributed by atoms with van der Waals surface area (Å²) in [5, 5.41) is 2.08. The molecule has 1 amide bonds. The fraction of sp³-hybridized carbons (Fsp3) is 0.0741. The molecule has 5 rings (SSSR count). The van der Waals surface area contributed by atoms with Crippen molar-refractivity contribution in [3.05, 3.63) is 105 Å². The molecule has 0 saturated carbocycles. The Morgan fingerprint density at radius 1 is 0.889 bits per heavy atom. The van der Waals surface area contributed by atoms with Gasteiger partial charge in [-0.25, -0.2) is 4.39 Å². The Morgan fingerprint density at radius 2 is 1.58 bits per heavy atom. The van der Waals surface area contributed by atoms with Crippen LogP contribution in [0.3, 0.4) is 0 Å². The lowest BCUT2D eigenvalue weighted by molar-refractivity contribution is -0.137. The van der Waals surface area contributed by atoms with Gasteiger partial charge >= 0.3 is 6.18 Å². The van der Waals surface area contributed by atoms with E-state index in [9.17, 15) is 22.4 Å². The predicted molar refractivity (Wildman–Crippen MR) is 134 cm³/mol. The largest absolute Gasteiger partial charge is 0.416 e. The minimum Gasteiger partial charge on any atom is -0.366 e. The van der Waals surface area contributed by atoms with Crippen molar-refractivity contribution in [3.8, 4) is 11.1 Å². The third-order valence-electron chi connectivity index (χ3n) is 6.12. The maximum Gasteiger partial charge on any atom is 0.416 e. The third-order valence-corrected chi connectivity index (χ3v) is 6.75. The highest BCUT2D eigenvalue weighted by Gasteiger charge is 2.31. The van der Waals surface area contributed by atoms with Crippen LogP contribution < -0.4 is 5.73 Å². The predicted octanol–water partition coefficient (Wildman–Crippen LogP) is 8.07. The van der Waals surface area contributed by atoms with Crippen molar-refractivity contribution in [2.75, 3.05) is 0 Å². The Morgan fingerprint density at radius 3 is 2.22 bits per heavy atom. The zero-order valence-corrected chi connectivity index (χ0v) is 19.8. The molecule has 0 aliphatic heterocycles. The smallest absolute Gasteiger partial charge is 0.366 e. The van der Waals surface area contributed by atoms with Gasteiger partial charge in [0.1, 0.15) is 5.82 Å². The van der Waals surface area contributed by atoms with Gasteiger partial charge in [-0.2, -0.15) is 13.2 Å². The molecule has 0 atom stereocenters. The van der Waals surface area contributed by atoms with E-state index in [1.54, 1.807) is 59.2 Å². The molecule has 1 heterocycles. The molecule has 182 valence electrons. The molecule has 0 unspecified atom stereocenters. The van der Waals surface area contributed by atoms with Crippen molar-refractivity contribution in [1.82, 2.24) is 4.57 Å². The first-order valence-corrected chi connectivity index (χ1v) is 11.5. The fourth-order valence-corrected chi connectivity index (χ4v) is 5.09. The molecule has 3 nitrogen and oxygen atoms in total. The van der Waals surface area contributed by atoms with Crippen molar-refractivity contribution >= 4 is 50.9 Å². The number of carbonyl (C=O) groups is 1. The number of halogens is 6. The van der Waals surface area contributed by atoms with Gasteiger partial charge in [-0.15, -0.1) is 0 Å². The lowest BCUT2D eigenvalue weighted by atomic mass is 10.0. The van der Waals surface area contributed by atoms with Crippen LogP contribution in [-0.2, 0) is 12.7 Å². The van der Waals surface area contributed by atoms with Gasteiger partial charge in [-0.05, 0) is 48.0 Å². The van der Waals surface area contributed by atoms with Gasteiger partial charge in [-0.3, -0.25) is 4.79 Å². The number of alkyl halides is 3. The number of aromatic nitrogens is 1. The number of hydrogen-bond acceptors (Lipinski definition) is 1. The van der Waals surface area contributed by atoms with E-state index in [0.717, 1.165) is 12.1 Å². The molecule has 0 bridgehead atoms. The van der Waals surface area contributed by atoms with Crippen LogP contribution in [0.1, 0.15) is 21.5 Å². The summed E-state index contributed by atoms with van der Waals surface area (Å²) in [6.45, 7) is -0.0914. The summed E-state index contributed by atoms with van der Waals surface area (Å²) in [5.41, 5.74) is 7.32. The summed E-state index contributed by atoms with van der Waals surface area (Å²) in [7, 11) is 0. The quantitative estimate of drug-likeness (QED) is 0.234. The van der Waals surface area contributed by atoms with E-state index in [0.29, 0.717) is 49.0 Å². The number of hydrogen-bond donors (Lipinski definition) is 1. The molecule has 0 radical (unpaired) electrons. The minimum atomic E-state index is -4.66. The topological polar surface area (TPSA) is 48.0 Å². The van der Waals surface area contributed by atoms with Crippen LogP contribution in [0.15, 0.2) is 72.8 Å². The lowest BCUT2D eigenvalue weighted by Gasteiger charge is -2.13. The molecule has 1 aromatic heterocycles. The monoisotopic (exact) mass is 530 g/mol. The van der Waals surface area contributed by atoms with Gasteiger partial charge in [0, 0.05) is 37.5 Å². The van der Waals surface area contributed by atoms with Crippen molar-refractivity contribution in [2.24, 2.45) is 5.73 Å². The molecule has 9 heteroatoms. The van der Waals surface area contributed by atoms with Gasteiger partial charge in [0.05, 0.1) is 23.1 Å². The second kappa shape index (κ2) is 8.84. The minimum absolute atomic E-state index is 0.0486. The van der Waals surface area contributed by atoms with Crippen LogP contribution in [0.25, 0.3) is 32.9 Å². The zero-order chi connectivity index (χ0) is 25.8. The van der Waals surface area contributed by atoms with Crippen molar-refractivity contribution in [3.63, 3.8) is 0 Å². The summed E-state index contributed by atoms with van der Waals surface area (Å²) in [4.78, 5) is 12.2. The first kappa shape index (κ1) is 24.2. The first-order chi connectivity index (χ1) is 17.1. The molecule has 5 aromatic rings. The Labute approximate surface area is 212 Å². The highest BCUT2D eigenvalue weighted by molar-refractivity contribution is 6.39. The standard InChI is InChI=1S/C27H16Cl2F4N2O/c28-19-4-2-5-20(29)24(19)14-8-10-17-23(11-14)35(22-6-1-3-18(25(17)22)26(34)36)13-15-7-9-16(12-21(15)30)27(31,32)33/h1-12H,13H2,(H2,34,36). The molecule has 2 N–H and O–H groups in total. The van der Waals surface area contributed by atoms with E-state index in [2.05, 4.69) is 0 Å². The third kappa shape index (κ3) is 4.08. The molecule has 0 saturated heterocycles. The average Bonchev–Trinajstić information content (AvgIpc) is 3.12. The number of rotatable bonds is 4. The molecule has 4 aromatic carbocycles. The maximum atomic E-state index is 14.8. The van der Waals surface area contributed by atoms with Gasteiger partial charge in [0.25, 0.3) is 0 Å². The highest BCUT2D eigenvalue weighted by Crippen LogP contribution is 2.39. The van der Waals surface area contributed by atoms with E-state index >= 15 is 0 Å². The number of nitrogens with zero attached hydrogens (tertiary/aromatic N) is 1. The molecular formula is C27H16Cl2F4N2O. The van der Waals surface area contributed by atoms with Crippen LogP contribution in [0.5, 0.6) is 0 Å². The summed E-state index contributed by atoms with van der Waals surface area (Å²) >= 11 is 12.8. The van der Waals surface area contributed by atoms with Crippen LogP contribution in [0, 0.1) is 5.82 Å². The van der Waals surface area contributed by atoms with Crippen LogP contribution in [-0.4, -0.2) is 10.5 Å². The Kier molecular flexibility index (Phi) is 5.93. The Bertz CT molecular complexity index is 1650. The second-order valence-corrected chi connectivity index (χ2v) is 9.10. The molecule has 0 aliphatic rings. The molecular weight excluding hydrogens is 515 g/mol. The summed E-state index contributed by atoms with van der Waals surface area (Å²) in [5.74, 6) is -1.63. The number of nitrogens with two attached hydrogens (primary N) is 1. The van der Waals surface area contributed by atoms with Crippen LogP contribution in [0.4, 0.5) is 17.6 Å². The maximum absolute atomic E-state index is 14.8. The van der Waals surface area contributed by atoms with E-state index in [-0.39, 0.29) is 17.7 Å². The van der Waals surface area contributed by atoms with Crippen molar-refractivity contribution in [2.45, 2.75) is 12.7 Å². The van der Waals surface area contributed by atoms with Gasteiger partial charge in [0.2, 0.25) is 5.91 Å². The van der Waals surface area contributed by atoms with E-state index in [4.69, 9.17) is 28.9 Å². The van der Waals surface area contributed by atoms with E-state index < -0.39 is 23.5 Å². The van der Waals surface area contributed by atoms with Gasteiger partial charge in [0.15, 0.2) is 0 Å². The molecule has 0 aliphatic carbocycles. The van der Waals surface area contributed by atoms with E-state index in [1.807, 2.05) is 0 Å². The number of benzene rings is 4. The number of fused-ring (bicyclic) bond motifs is 3. The lowest BCUT2D eigenvalue weighted by Crippen LogP contribution is -2.11. The van der Waals surface area contributed by atoms with Crippen molar-refractivity contribution < 1.29 is 22.4 Å². The van der Waals surface area contributed by atoms with Gasteiger partial charge < -0.3 is 10.3 Å². The zero-order valence-electron chi connectivity index (χ0n) is 18.3. The average molecular weight is 531 g/mol. The number of primary amides is 1. The Hall–Kier alpha value is -3.55. The molecule has 0 spiro atoms. The van der Waals surface area contributed by atoms with Crippen molar-refractivity contribution in [1.29, 1.82) is 0 Å². The summed E-state index contributed by atoms with van der Waals surface area (Å²) in [6, 6.07) is 17.9. The normalized spacial score (nSPS) is 11.9. The number of carbonyl (C=O) groups excluding carboxylic acids is 1. The van der Waals surface area contributed by atoms with Crippen LogP contribution >= 0.6 is 23.2 Å². The van der Waals surface area contributed by atoms with Crippen LogP contribution in [0.2, 0.25) is 10.0 Å². The fourth-order valence-electron chi connectivity index (χ4n) is 4.47. The highest BCUT2D eigenvalue weighted by atomic mass is 35.5. The number of amides is 1. The SMILES string of the molecule is NC(=O)c1cccc2c1c1ccc(-c3c(Cl)cccc3Cl)cc1n2Cc1ccc(C(F)(F)F)cc1F. The molecule has 0 fully saturated rings. The Balaban J connectivity index is 1.78. The summed E-state index contributed by atoms with van der Waals surface area (Å²) in [6.07, 6.45) is -4.66. The summed E-state index contributed by atoms with van der Waals surface area (Å²) < 4.78 is 55.7. The second-order valence-electron chi connectivity index (χ2n) is 8.28. The van der Waals surface area contributed by atoms with Gasteiger partial charge in [-0.1, -0.05) is 53.5 Å². The first-order valence-electron chi connectivity index (χ1n) is 10.7. The molecule has 36 heavy (non-hydrogen) atoms.